The Bertz CT molecular complexity index is 663. The van der Waals surface area contributed by atoms with Crippen LogP contribution in [0.4, 0.5) is 5.69 Å². The Hall–Kier alpha value is -2.34. The number of amides is 2. The molecule has 0 unspecified atom stereocenters. The van der Waals surface area contributed by atoms with Crippen LogP contribution in [0.3, 0.4) is 0 Å². The highest BCUT2D eigenvalue weighted by Gasteiger charge is 2.04. The fraction of sp³-hybridized carbons (Fsp3) is 0.375. The largest absolute Gasteiger partial charge is 0.359 e. The summed E-state index contributed by atoms with van der Waals surface area (Å²) < 4.78 is 0. The first-order valence-electron chi connectivity index (χ1n) is 7.44. The first-order valence-corrected chi connectivity index (χ1v) is 7.44. The number of benzene rings is 1. The van der Waals surface area contributed by atoms with Gasteiger partial charge in [-0.3, -0.25) is 9.59 Å². The van der Waals surface area contributed by atoms with Gasteiger partial charge in [-0.2, -0.15) is 0 Å². The maximum atomic E-state index is 11.9. The van der Waals surface area contributed by atoms with Crippen molar-refractivity contribution in [2.24, 2.45) is 5.73 Å². The van der Waals surface area contributed by atoms with Crippen LogP contribution < -0.4 is 16.4 Å². The van der Waals surface area contributed by atoms with Gasteiger partial charge in [0.05, 0.1) is 6.54 Å². The van der Waals surface area contributed by atoms with Crippen LogP contribution in [0.1, 0.15) is 25.0 Å². The minimum absolute atomic E-state index is 0.00158. The third-order valence-corrected chi connectivity index (χ3v) is 3.38. The summed E-state index contributed by atoms with van der Waals surface area (Å²) in [7, 11) is 0. The van der Waals surface area contributed by atoms with Crippen LogP contribution >= 0.6 is 0 Å². The van der Waals surface area contributed by atoms with Crippen molar-refractivity contribution >= 4 is 28.4 Å². The summed E-state index contributed by atoms with van der Waals surface area (Å²) in [6.45, 7) is 2.56. The number of hydrogen-bond acceptors (Lipinski definition) is 3. The van der Waals surface area contributed by atoms with Gasteiger partial charge in [0, 0.05) is 35.2 Å². The van der Waals surface area contributed by atoms with E-state index in [1.54, 1.807) is 0 Å². The molecule has 0 radical (unpaired) electrons. The monoisotopic (exact) mass is 302 g/mol. The number of hydrogen-bond donors (Lipinski definition) is 4. The molecule has 118 valence electrons. The molecule has 0 aliphatic heterocycles. The molecule has 0 saturated carbocycles. The average Bonchev–Trinajstić information content (AvgIpc) is 2.85. The first-order chi connectivity index (χ1) is 10.6. The lowest BCUT2D eigenvalue weighted by Crippen LogP contribution is -2.31. The second-order valence-electron chi connectivity index (χ2n) is 5.31. The smallest absolute Gasteiger partial charge is 0.233 e. The standard InChI is InChI=1S/C16H22N4O2/c1-11-8-12-9-13(5-6-14(12)19-11)20-15(21)4-2-3-7-18-16(22)10-17/h5-6,8-9,19H,2-4,7,10,17H2,1H3,(H,18,22)(H,20,21). The number of aryl methyl sites for hydroxylation is 1. The van der Waals surface area contributed by atoms with Crippen LogP contribution in [-0.4, -0.2) is 29.9 Å². The fourth-order valence-corrected chi connectivity index (χ4v) is 2.29. The molecule has 1 aromatic heterocycles. The van der Waals surface area contributed by atoms with Gasteiger partial charge >= 0.3 is 0 Å². The van der Waals surface area contributed by atoms with E-state index in [-0.39, 0.29) is 18.4 Å². The first kappa shape index (κ1) is 16.0. The zero-order chi connectivity index (χ0) is 15.9. The van der Waals surface area contributed by atoms with Crippen molar-refractivity contribution in [3.05, 3.63) is 30.0 Å². The molecule has 2 amide bonds. The molecule has 1 aromatic carbocycles. The van der Waals surface area contributed by atoms with E-state index in [1.807, 2.05) is 31.2 Å². The number of anilines is 1. The summed E-state index contributed by atoms with van der Waals surface area (Å²) >= 11 is 0. The average molecular weight is 302 g/mol. The zero-order valence-corrected chi connectivity index (χ0v) is 12.7. The van der Waals surface area contributed by atoms with Gasteiger partial charge in [0.25, 0.3) is 0 Å². The third kappa shape index (κ3) is 4.60. The molecule has 5 N–H and O–H groups in total. The maximum Gasteiger partial charge on any atom is 0.233 e. The molecular weight excluding hydrogens is 280 g/mol. The summed E-state index contributed by atoms with van der Waals surface area (Å²) in [4.78, 5) is 26.1. The Morgan fingerprint density at radius 1 is 1.18 bits per heavy atom. The van der Waals surface area contributed by atoms with E-state index in [0.29, 0.717) is 13.0 Å². The number of nitrogens with one attached hydrogen (secondary N) is 3. The highest BCUT2D eigenvalue weighted by molar-refractivity contribution is 5.93. The predicted molar refractivity (Wildman–Crippen MR) is 87.6 cm³/mol. The number of unbranched alkanes of at least 4 members (excludes halogenated alkanes) is 1. The lowest BCUT2D eigenvalue weighted by molar-refractivity contribution is -0.119. The summed E-state index contributed by atoms with van der Waals surface area (Å²) in [6.07, 6.45) is 1.92. The van der Waals surface area contributed by atoms with Gasteiger partial charge in [-0.15, -0.1) is 0 Å². The van der Waals surface area contributed by atoms with Crippen molar-refractivity contribution in [3.8, 4) is 0 Å². The summed E-state index contributed by atoms with van der Waals surface area (Å²) in [5.41, 5.74) is 8.14. The molecule has 0 atom stereocenters. The molecule has 2 rings (SSSR count). The van der Waals surface area contributed by atoms with Gasteiger partial charge < -0.3 is 21.4 Å². The SMILES string of the molecule is Cc1cc2cc(NC(=O)CCCCNC(=O)CN)ccc2[nH]1. The normalized spacial score (nSPS) is 10.6. The molecule has 2 aromatic rings. The molecular formula is C16H22N4O2. The number of fused-ring (bicyclic) bond motifs is 1. The van der Waals surface area contributed by atoms with Crippen molar-refractivity contribution in [3.63, 3.8) is 0 Å². The number of aromatic amines is 1. The van der Waals surface area contributed by atoms with E-state index in [0.717, 1.165) is 35.1 Å². The van der Waals surface area contributed by atoms with Crippen molar-refractivity contribution in [2.75, 3.05) is 18.4 Å². The molecule has 0 aliphatic carbocycles. The van der Waals surface area contributed by atoms with Gasteiger partial charge in [0.2, 0.25) is 11.8 Å². The molecule has 6 nitrogen and oxygen atoms in total. The number of nitrogens with two attached hydrogens (primary N) is 1. The Morgan fingerprint density at radius 3 is 2.77 bits per heavy atom. The number of aromatic nitrogens is 1. The number of rotatable bonds is 7. The Morgan fingerprint density at radius 2 is 2.00 bits per heavy atom. The zero-order valence-electron chi connectivity index (χ0n) is 12.7. The van der Waals surface area contributed by atoms with Crippen LogP contribution in [0.2, 0.25) is 0 Å². The van der Waals surface area contributed by atoms with E-state index in [1.165, 1.54) is 0 Å². The summed E-state index contributed by atoms with van der Waals surface area (Å²) in [5.74, 6) is -0.184. The van der Waals surface area contributed by atoms with Crippen LogP contribution in [0, 0.1) is 6.92 Å². The van der Waals surface area contributed by atoms with Crippen LogP contribution in [0.5, 0.6) is 0 Å². The third-order valence-electron chi connectivity index (χ3n) is 3.38. The Kier molecular flexibility index (Phi) is 5.55. The lowest BCUT2D eigenvalue weighted by Gasteiger charge is -2.06. The van der Waals surface area contributed by atoms with Crippen molar-refractivity contribution in [1.29, 1.82) is 0 Å². The van der Waals surface area contributed by atoms with Gasteiger partial charge in [0.15, 0.2) is 0 Å². The van der Waals surface area contributed by atoms with Crippen LogP contribution in [-0.2, 0) is 9.59 Å². The molecule has 0 fully saturated rings. The van der Waals surface area contributed by atoms with E-state index in [4.69, 9.17) is 5.73 Å². The van der Waals surface area contributed by atoms with Gasteiger partial charge in [0.1, 0.15) is 0 Å². The van der Waals surface area contributed by atoms with E-state index >= 15 is 0 Å². The number of carbonyl (C=O) groups is 2. The Balaban J connectivity index is 1.75. The molecule has 0 saturated heterocycles. The molecule has 6 heteroatoms. The second kappa shape index (κ2) is 7.61. The van der Waals surface area contributed by atoms with Crippen molar-refractivity contribution in [2.45, 2.75) is 26.2 Å². The molecule has 22 heavy (non-hydrogen) atoms. The van der Waals surface area contributed by atoms with Crippen molar-refractivity contribution < 1.29 is 9.59 Å². The predicted octanol–water partition coefficient (Wildman–Crippen LogP) is 1.66. The second-order valence-corrected chi connectivity index (χ2v) is 5.31. The molecule has 0 bridgehead atoms. The summed E-state index contributed by atoms with van der Waals surface area (Å²) in [6, 6.07) is 7.85. The Labute approximate surface area is 129 Å². The molecule has 0 aliphatic rings. The highest BCUT2D eigenvalue weighted by atomic mass is 16.2. The maximum absolute atomic E-state index is 11.9. The van der Waals surface area contributed by atoms with Crippen LogP contribution in [0.25, 0.3) is 10.9 Å². The van der Waals surface area contributed by atoms with E-state index in [2.05, 4.69) is 15.6 Å². The van der Waals surface area contributed by atoms with Crippen LogP contribution in [0.15, 0.2) is 24.3 Å². The summed E-state index contributed by atoms with van der Waals surface area (Å²) in [5, 5.41) is 6.66. The topological polar surface area (TPSA) is 100 Å². The quantitative estimate of drug-likeness (QED) is 0.585. The number of H-pyrrole nitrogens is 1. The minimum atomic E-state index is -0.167. The van der Waals surface area contributed by atoms with Crippen molar-refractivity contribution in [1.82, 2.24) is 10.3 Å². The van der Waals surface area contributed by atoms with Gasteiger partial charge in [-0.1, -0.05) is 0 Å². The fourth-order valence-electron chi connectivity index (χ4n) is 2.29. The van der Waals surface area contributed by atoms with E-state index in [9.17, 15) is 9.59 Å². The lowest BCUT2D eigenvalue weighted by atomic mass is 10.2. The molecule has 1 heterocycles. The van der Waals surface area contributed by atoms with Gasteiger partial charge in [-0.05, 0) is 44.0 Å². The van der Waals surface area contributed by atoms with E-state index < -0.39 is 0 Å². The number of carbonyl (C=O) groups excluding carboxylic acids is 2. The minimum Gasteiger partial charge on any atom is -0.359 e. The van der Waals surface area contributed by atoms with Gasteiger partial charge in [-0.25, -0.2) is 0 Å². The highest BCUT2D eigenvalue weighted by Crippen LogP contribution is 2.20. The molecule has 0 spiro atoms.